The standard InChI is InChI=1S/C13H21N3O2S.2ClH/c1-9-10(2)19-13(16-9)3-4-15-12(17)7-11-8-18-6-5-14-11;;/h11,14H,3-8H2,1-2H3,(H,15,17);2*1H. The lowest BCUT2D eigenvalue weighted by atomic mass is 10.2. The molecule has 122 valence electrons. The number of carbonyl (C=O) groups is 1. The van der Waals surface area contributed by atoms with Crippen LogP contribution >= 0.6 is 36.2 Å². The first-order valence-corrected chi connectivity index (χ1v) is 7.47. The maximum absolute atomic E-state index is 11.7. The summed E-state index contributed by atoms with van der Waals surface area (Å²) in [7, 11) is 0. The fourth-order valence-corrected chi connectivity index (χ4v) is 2.94. The Morgan fingerprint density at radius 3 is 2.81 bits per heavy atom. The lowest BCUT2D eigenvalue weighted by Gasteiger charge is -2.23. The van der Waals surface area contributed by atoms with Gasteiger partial charge in [-0.1, -0.05) is 0 Å². The van der Waals surface area contributed by atoms with Crippen LogP contribution in [0, 0.1) is 13.8 Å². The molecule has 1 aliphatic rings. The Morgan fingerprint density at radius 1 is 1.48 bits per heavy atom. The molecule has 0 bridgehead atoms. The number of carbonyl (C=O) groups excluding carboxylic acids is 1. The molecule has 2 heterocycles. The van der Waals surface area contributed by atoms with E-state index < -0.39 is 0 Å². The van der Waals surface area contributed by atoms with Crippen LogP contribution in [0.15, 0.2) is 0 Å². The van der Waals surface area contributed by atoms with E-state index in [1.165, 1.54) is 4.88 Å². The van der Waals surface area contributed by atoms with E-state index in [4.69, 9.17) is 4.74 Å². The van der Waals surface area contributed by atoms with E-state index in [9.17, 15) is 4.79 Å². The third-order valence-electron chi connectivity index (χ3n) is 3.16. The summed E-state index contributed by atoms with van der Waals surface area (Å²) in [4.78, 5) is 17.5. The van der Waals surface area contributed by atoms with Crippen LogP contribution in [0.3, 0.4) is 0 Å². The smallest absolute Gasteiger partial charge is 0.221 e. The predicted octanol–water partition coefficient (Wildman–Crippen LogP) is 1.64. The fourth-order valence-electron chi connectivity index (χ4n) is 2.00. The largest absolute Gasteiger partial charge is 0.378 e. The first-order chi connectivity index (χ1) is 9.15. The number of amides is 1. The van der Waals surface area contributed by atoms with Crippen LogP contribution in [0.25, 0.3) is 0 Å². The van der Waals surface area contributed by atoms with Gasteiger partial charge in [-0.25, -0.2) is 4.98 Å². The summed E-state index contributed by atoms with van der Waals surface area (Å²) in [5.74, 6) is 0.0769. The van der Waals surface area contributed by atoms with Crippen molar-refractivity contribution < 1.29 is 9.53 Å². The summed E-state index contributed by atoms with van der Waals surface area (Å²) >= 11 is 1.71. The third-order valence-corrected chi connectivity index (χ3v) is 4.30. The number of morpholine rings is 1. The molecule has 5 nitrogen and oxygen atoms in total. The number of nitrogens with one attached hydrogen (secondary N) is 2. The van der Waals surface area contributed by atoms with E-state index in [1.807, 2.05) is 6.92 Å². The molecule has 1 fully saturated rings. The Morgan fingerprint density at radius 2 is 2.24 bits per heavy atom. The molecule has 1 aromatic rings. The summed E-state index contributed by atoms with van der Waals surface area (Å²) in [5, 5.41) is 7.30. The van der Waals surface area contributed by atoms with Gasteiger partial charge < -0.3 is 15.4 Å². The van der Waals surface area contributed by atoms with Crippen molar-refractivity contribution in [2.75, 3.05) is 26.3 Å². The van der Waals surface area contributed by atoms with Crippen LogP contribution in [0.4, 0.5) is 0 Å². The number of ether oxygens (including phenoxy) is 1. The van der Waals surface area contributed by atoms with Gasteiger partial charge in [0.15, 0.2) is 0 Å². The third kappa shape index (κ3) is 6.93. The van der Waals surface area contributed by atoms with Crippen molar-refractivity contribution in [1.29, 1.82) is 0 Å². The minimum absolute atomic E-state index is 0. The van der Waals surface area contributed by atoms with Crippen molar-refractivity contribution in [2.45, 2.75) is 32.7 Å². The van der Waals surface area contributed by atoms with Gasteiger partial charge in [-0.05, 0) is 13.8 Å². The monoisotopic (exact) mass is 355 g/mol. The Bertz CT molecular complexity index is 418. The molecule has 1 aromatic heterocycles. The van der Waals surface area contributed by atoms with Crippen molar-refractivity contribution in [3.8, 4) is 0 Å². The molecule has 1 unspecified atom stereocenters. The topological polar surface area (TPSA) is 63.2 Å². The lowest BCUT2D eigenvalue weighted by molar-refractivity contribution is -0.122. The number of nitrogens with zero attached hydrogens (tertiary/aromatic N) is 1. The van der Waals surface area contributed by atoms with Gasteiger partial charge in [-0.15, -0.1) is 36.2 Å². The van der Waals surface area contributed by atoms with E-state index >= 15 is 0 Å². The normalized spacial score (nSPS) is 17.5. The van der Waals surface area contributed by atoms with Gasteiger partial charge in [0.1, 0.15) is 0 Å². The van der Waals surface area contributed by atoms with E-state index in [2.05, 4.69) is 22.5 Å². The summed E-state index contributed by atoms with van der Waals surface area (Å²) < 4.78 is 5.32. The zero-order chi connectivity index (χ0) is 13.7. The minimum Gasteiger partial charge on any atom is -0.378 e. The highest BCUT2D eigenvalue weighted by atomic mass is 35.5. The number of hydrogen-bond acceptors (Lipinski definition) is 5. The van der Waals surface area contributed by atoms with Crippen LogP contribution in [-0.2, 0) is 16.0 Å². The van der Waals surface area contributed by atoms with Crippen molar-refractivity contribution in [2.24, 2.45) is 0 Å². The molecule has 1 amide bonds. The molecule has 2 rings (SSSR count). The Hall–Kier alpha value is -0.400. The molecule has 1 saturated heterocycles. The molecule has 0 aromatic carbocycles. The molecule has 0 spiro atoms. The molecular weight excluding hydrogens is 333 g/mol. The Labute approximate surface area is 142 Å². The second-order valence-corrected chi connectivity index (χ2v) is 6.07. The number of rotatable bonds is 5. The van der Waals surface area contributed by atoms with Gasteiger partial charge in [0.05, 0.1) is 23.9 Å². The van der Waals surface area contributed by atoms with E-state index in [-0.39, 0.29) is 36.8 Å². The molecule has 1 atom stereocenters. The van der Waals surface area contributed by atoms with E-state index in [0.29, 0.717) is 19.6 Å². The summed E-state index contributed by atoms with van der Waals surface area (Å²) in [6.45, 7) is 6.93. The van der Waals surface area contributed by atoms with Gasteiger partial charge in [0.2, 0.25) is 5.91 Å². The summed E-state index contributed by atoms with van der Waals surface area (Å²) in [5.41, 5.74) is 1.09. The van der Waals surface area contributed by atoms with Gasteiger partial charge in [-0.3, -0.25) is 4.79 Å². The van der Waals surface area contributed by atoms with Crippen molar-refractivity contribution in [3.63, 3.8) is 0 Å². The molecule has 1 aliphatic heterocycles. The number of halogens is 2. The van der Waals surface area contributed by atoms with Gasteiger partial charge >= 0.3 is 0 Å². The van der Waals surface area contributed by atoms with Crippen LogP contribution in [0.2, 0.25) is 0 Å². The quantitative estimate of drug-likeness (QED) is 0.842. The zero-order valence-electron chi connectivity index (χ0n) is 12.3. The van der Waals surface area contributed by atoms with Gasteiger partial charge in [-0.2, -0.15) is 0 Å². The first-order valence-electron chi connectivity index (χ1n) is 6.66. The highest BCUT2D eigenvalue weighted by Gasteiger charge is 2.16. The molecule has 8 heteroatoms. The van der Waals surface area contributed by atoms with Crippen molar-refractivity contribution >= 4 is 42.1 Å². The molecular formula is C13H23Cl2N3O2S. The van der Waals surface area contributed by atoms with Crippen LogP contribution in [0.1, 0.15) is 22.0 Å². The van der Waals surface area contributed by atoms with Crippen molar-refractivity contribution in [1.82, 2.24) is 15.6 Å². The zero-order valence-corrected chi connectivity index (χ0v) is 14.8. The van der Waals surface area contributed by atoms with Crippen LogP contribution in [-0.4, -0.2) is 43.2 Å². The fraction of sp³-hybridized carbons (Fsp3) is 0.692. The molecule has 0 aliphatic carbocycles. The maximum Gasteiger partial charge on any atom is 0.221 e. The maximum atomic E-state index is 11.7. The highest BCUT2D eigenvalue weighted by Crippen LogP contribution is 2.16. The predicted molar refractivity (Wildman–Crippen MR) is 90.0 cm³/mol. The number of hydrogen-bond donors (Lipinski definition) is 2. The van der Waals surface area contributed by atoms with Gasteiger partial charge in [0.25, 0.3) is 0 Å². The van der Waals surface area contributed by atoms with E-state index in [0.717, 1.165) is 30.3 Å². The van der Waals surface area contributed by atoms with E-state index in [1.54, 1.807) is 11.3 Å². The lowest BCUT2D eigenvalue weighted by Crippen LogP contribution is -2.44. The molecule has 0 saturated carbocycles. The molecule has 2 N–H and O–H groups in total. The number of aryl methyl sites for hydroxylation is 2. The summed E-state index contributed by atoms with van der Waals surface area (Å²) in [6.07, 6.45) is 1.29. The Balaban J connectivity index is 0.00000200. The minimum atomic E-state index is 0. The van der Waals surface area contributed by atoms with Crippen molar-refractivity contribution in [3.05, 3.63) is 15.6 Å². The number of aromatic nitrogens is 1. The molecule has 0 radical (unpaired) electrons. The highest BCUT2D eigenvalue weighted by molar-refractivity contribution is 7.11. The second kappa shape index (κ2) is 10.3. The Kier molecular flexibility index (Phi) is 10.1. The SMILES string of the molecule is Cc1nc(CCNC(=O)CC2COCCN2)sc1C.Cl.Cl. The molecule has 21 heavy (non-hydrogen) atoms. The second-order valence-electron chi connectivity index (χ2n) is 4.78. The van der Waals surface area contributed by atoms with Gasteiger partial charge in [0, 0.05) is 36.9 Å². The average molecular weight is 356 g/mol. The average Bonchev–Trinajstić information content (AvgIpc) is 2.70. The summed E-state index contributed by atoms with van der Waals surface area (Å²) in [6, 6.07) is 0.151. The van der Waals surface area contributed by atoms with Crippen LogP contribution < -0.4 is 10.6 Å². The first kappa shape index (κ1) is 20.6. The van der Waals surface area contributed by atoms with Crippen LogP contribution in [0.5, 0.6) is 0 Å². The number of thiazole rings is 1.